The highest BCUT2D eigenvalue weighted by molar-refractivity contribution is 5.82. The van der Waals surface area contributed by atoms with Gasteiger partial charge in [0, 0.05) is 51.5 Å². The molecule has 2 saturated heterocycles. The molecule has 5 rings (SSSR count). The van der Waals surface area contributed by atoms with E-state index >= 15 is 0 Å². The van der Waals surface area contributed by atoms with Gasteiger partial charge in [-0.1, -0.05) is 30.3 Å². The number of morpholine rings is 1. The summed E-state index contributed by atoms with van der Waals surface area (Å²) in [5.41, 5.74) is 1.99. The summed E-state index contributed by atoms with van der Waals surface area (Å²) < 4.78 is 45.7. The van der Waals surface area contributed by atoms with E-state index in [2.05, 4.69) is 32.1 Å². The minimum Gasteiger partial charge on any atom is -0.379 e. The number of nitrogens with one attached hydrogen (secondary N) is 1. The second-order valence-corrected chi connectivity index (χ2v) is 10.2. The van der Waals surface area contributed by atoms with Gasteiger partial charge in [-0.3, -0.25) is 14.6 Å². The fraction of sp³-hybridized carbons (Fsp3) is 0.536. The number of anilines is 1. The van der Waals surface area contributed by atoms with Crippen LogP contribution in [0.4, 0.5) is 18.9 Å². The average molecular weight is 517 g/mol. The Labute approximate surface area is 216 Å². The molecule has 1 N–H and O–H groups in total. The van der Waals surface area contributed by atoms with Gasteiger partial charge in [0.2, 0.25) is 5.91 Å². The molecule has 0 aromatic heterocycles. The number of nitrogens with zero attached hydrogens (tertiary/aromatic N) is 3. The number of hydrogen-bond acceptors (Lipinski definition) is 5. The van der Waals surface area contributed by atoms with Crippen molar-refractivity contribution in [2.75, 3.05) is 63.9 Å². The lowest BCUT2D eigenvalue weighted by Crippen LogP contribution is -2.61. The molecule has 6 nitrogen and oxygen atoms in total. The molecular weight excluding hydrogens is 481 g/mol. The molecule has 9 heteroatoms. The van der Waals surface area contributed by atoms with E-state index in [1.54, 1.807) is 6.07 Å². The van der Waals surface area contributed by atoms with Gasteiger partial charge in [0.1, 0.15) is 0 Å². The predicted octanol–water partition coefficient (Wildman–Crippen LogP) is 3.41. The Balaban J connectivity index is 1.30. The molecule has 0 saturated carbocycles. The molecule has 1 amide bonds. The maximum Gasteiger partial charge on any atom is 0.416 e. The Bertz CT molecular complexity index is 1060. The van der Waals surface area contributed by atoms with Gasteiger partial charge in [0.05, 0.1) is 30.7 Å². The number of alkyl halides is 3. The number of fused-ring (bicyclic) bond motifs is 3. The van der Waals surface area contributed by atoms with Gasteiger partial charge in [0.15, 0.2) is 0 Å². The average Bonchev–Trinajstić information content (AvgIpc) is 2.91. The Morgan fingerprint density at radius 1 is 1.00 bits per heavy atom. The normalized spacial score (nSPS) is 22.8. The first-order chi connectivity index (χ1) is 17.9. The molecule has 200 valence electrons. The van der Waals surface area contributed by atoms with Crippen molar-refractivity contribution in [1.29, 1.82) is 0 Å². The number of amides is 1. The van der Waals surface area contributed by atoms with E-state index in [0.717, 1.165) is 64.1 Å². The fourth-order valence-electron chi connectivity index (χ4n) is 5.81. The van der Waals surface area contributed by atoms with Gasteiger partial charge in [0.25, 0.3) is 0 Å². The van der Waals surface area contributed by atoms with E-state index in [9.17, 15) is 18.0 Å². The Morgan fingerprint density at radius 3 is 2.54 bits per heavy atom. The summed E-state index contributed by atoms with van der Waals surface area (Å²) in [7, 11) is 0. The first-order valence-electron chi connectivity index (χ1n) is 13.2. The predicted molar refractivity (Wildman–Crippen MR) is 136 cm³/mol. The second-order valence-electron chi connectivity index (χ2n) is 10.2. The third-order valence-corrected chi connectivity index (χ3v) is 7.76. The topological polar surface area (TPSA) is 48.1 Å². The van der Waals surface area contributed by atoms with E-state index in [-0.39, 0.29) is 11.9 Å². The number of hydrogen-bond donors (Lipinski definition) is 1. The maximum absolute atomic E-state index is 13.5. The quantitative estimate of drug-likeness (QED) is 0.572. The summed E-state index contributed by atoms with van der Waals surface area (Å²) in [6.07, 6.45) is -3.26. The molecule has 2 fully saturated rings. The van der Waals surface area contributed by atoms with Crippen molar-refractivity contribution in [3.8, 4) is 0 Å². The molecule has 0 bridgehead atoms. The summed E-state index contributed by atoms with van der Waals surface area (Å²) in [4.78, 5) is 20.3. The minimum absolute atomic E-state index is 0.0680. The van der Waals surface area contributed by atoms with Gasteiger partial charge >= 0.3 is 6.18 Å². The third-order valence-electron chi connectivity index (χ3n) is 7.76. The van der Waals surface area contributed by atoms with Crippen molar-refractivity contribution in [2.24, 2.45) is 5.92 Å². The van der Waals surface area contributed by atoms with Crippen LogP contribution in [0, 0.1) is 5.92 Å². The fourth-order valence-corrected chi connectivity index (χ4v) is 5.81. The monoisotopic (exact) mass is 516 g/mol. The van der Waals surface area contributed by atoms with Crippen LogP contribution in [0.15, 0.2) is 48.5 Å². The van der Waals surface area contributed by atoms with Crippen molar-refractivity contribution in [2.45, 2.75) is 31.6 Å². The number of carbonyl (C=O) groups is 1. The lowest BCUT2D eigenvalue weighted by atomic mass is 9.82. The van der Waals surface area contributed by atoms with Gasteiger partial charge in [-0.15, -0.1) is 0 Å². The molecular formula is C28H35F3N4O2. The molecule has 3 heterocycles. The number of benzene rings is 2. The molecule has 0 radical (unpaired) electrons. The number of ether oxygens (including phenoxy) is 1. The molecule has 2 atom stereocenters. The van der Waals surface area contributed by atoms with Crippen LogP contribution in [0.3, 0.4) is 0 Å². The summed E-state index contributed by atoms with van der Waals surface area (Å²) in [5, 5.41) is 3.10. The maximum atomic E-state index is 13.5. The van der Waals surface area contributed by atoms with E-state index in [0.29, 0.717) is 31.6 Å². The number of halogens is 3. The van der Waals surface area contributed by atoms with Crippen LogP contribution >= 0.6 is 0 Å². The van der Waals surface area contributed by atoms with Crippen LogP contribution in [-0.2, 0) is 28.7 Å². The highest BCUT2D eigenvalue weighted by Gasteiger charge is 2.42. The van der Waals surface area contributed by atoms with Crippen LogP contribution in [-0.4, -0.2) is 80.8 Å². The van der Waals surface area contributed by atoms with Crippen molar-refractivity contribution in [3.63, 3.8) is 0 Å². The second kappa shape index (κ2) is 11.4. The first-order valence-corrected chi connectivity index (χ1v) is 13.2. The van der Waals surface area contributed by atoms with Gasteiger partial charge in [-0.2, -0.15) is 13.2 Å². The van der Waals surface area contributed by atoms with E-state index < -0.39 is 17.7 Å². The smallest absolute Gasteiger partial charge is 0.379 e. The van der Waals surface area contributed by atoms with Crippen molar-refractivity contribution in [3.05, 3.63) is 65.2 Å². The molecule has 37 heavy (non-hydrogen) atoms. The molecule has 2 aromatic carbocycles. The van der Waals surface area contributed by atoms with Crippen LogP contribution < -0.4 is 10.2 Å². The van der Waals surface area contributed by atoms with Crippen LogP contribution in [0.2, 0.25) is 0 Å². The summed E-state index contributed by atoms with van der Waals surface area (Å²) >= 11 is 0. The van der Waals surface area contributed by atoms with E-state index in [4.69, 9.17) is 4.74 Å². The third kappa shape index (κ3) is 6.27. The Morgan fingerprint density at radius 2 is 1.78 bits per heavy atom. The highest BCUT2D eigenvalue weighted by atomic mass is 19.4. The van der Waals surface area contributed by atoms with Crippen molar-refractivity contribution in [1.82, 2.24) is 15.1 Å². The summed E-state index contributed by atoms with van der Waals surface area (Å²) in [6, 6.07) is 14.1. The number of piperazine rings is 1. The molecule has 3 aliphatic heterocycles. The summed E-state index contributed by atoms with van der Waals surface area (Å²) in [5.74, 6) is -0.473. The number of carbonyl (C=O) groups excluding carboxylic acids is 1. The molecule has 0 spiro atoms. The SMILES string of the molecule is O=C(NCCCN1CCOCC1)[C@H]1Cc2cc(C(F)(F)F)ccc2N2CCN(Cc3ccccc3)C[C@@H]12. The van der Waals surface area contributed by atoms with Crippen LogP contribution in [0.25, 0.3) is 0 Å². The zero-order chi connectivity index (χ0) is 25.8. The first kappa shape index (κ1) is 26.0. The van der Waals surface area contributed by atoms with Gasteiger partial charge in [-0.05, 0) is 48.7 Å². The van der Waals surface area contributed by atoms with E-state index in [1.807, 2.05) is 18.2 Å². The van der Waals surface area contributed by atoms with Gasteiger partial charge < -0.3 is 15.0 Å². The molecule has 0 unspecified atom stereocenters. The molecule has 0 aliphatic carbocycles. The zero-order valence-corrected chi connectivity index (χ0v) is 21.1. The van der Waals surface area contributed by atoms with E-state index in [1.165, 1.54) is 11.6 Å². The Hall–Kier alpha value is -2.62. The van der Waals surface area contributed by atoms with Gasteiger partial charge in [-0.25, -0.2) is 0 Å². The number of rotatable bonds is 7. The highest BCUT2D eigenvalue weighted by Crippen LogP contribution is 2.40. The van der Waals surface area contributed by atoms with Crippen LogP contribution in [0.1, 0.15) is 23.1 Å². The lowest BCUT2D eigenvalue weighted by Gasteiger charge is -2.49. The van der Waals surface area contributed by atoms with Crippen LogP contribution in [0.5, 0.6) is 0 Å². The Kier molecular flexibility index (Phi) is 8.02. The largest absolute Gasteiger partial charge is 0.416 e. The minimum atomic E-state index is -4.41. The lowest BCUT2D eigenvalue weighted by molar-refractivity contribution is -0.137. The van der Waals surface area contributed by atoms with Crippen molar-refractivity contribution < 1.29 is 22.7 Å². The molecule has 3 aliphatic rings. The molecule has 2 aromatic rings. The standard InChI is InChI=1S/C28H35F3N4O2/c29-28(30,31)23-7-8-25-22(17-23)18-24(27(36)32-9-4-10-33-13-15-37-16-14-33)26-20-34(11-12-35(25)26)19-21-5-2-1-3-6-21/h1-3,5-8,17,24,26H,4,9-16,18-20H2,(H,32,36)/t24-,26-/m0/s1. The summed E-state index contributed by atoms with van der Waals surface area (Å²) in [6.45, 7) is 7.70. The van der Waals surface area contributed by atoms with Crippen molar-refractivity contribution >= 4 is 11.6 Å². The zero-order valence-electron chi connectivity index (χ0n) is 21.1.